The van der Waals surface area contributed by atoms with Crippen LogP contribution in [0.25, 0.3) is 10.8 Å². The number of fused-ring (bicyclic) bond motifs is 1. The van der Waals surface area contributed by atoms with Crippen LogP contribution in [0.4, 0.5) is 0 Å². The number of aromatic nitrogens is 2. The molecule has 0 unspecified atom stereocenters. The largest absolute Gasteiger partial charge is 0.350 e. The van der Waals surface area contributed by atoms with Crippen molar-refractivity contribution in [2.75, 3.05) is 26.2 Å². The number of carbonyl (C=O) groups is 1. The highest BCUT2D eigenvalue weighted by Crippen LogP contribution is 2.21. The van der Waals surface area contributed by atoms with E-state index in [0.717, 1.165) is 25.0 Å². The Balaban J connectivity index is 2.19. The summed E-state index contributed by atoms with van der Waals surface area (Å²) in [6, 6.07) is 7.31. The number of quaternary nitrogens is 1. The number of amides is 1. The fraction of sp³-hybridized carbons (Fsp3) is 0.500. The van der Waals surface area contributed by atoms with E-state index in [2.05, 4.69) is 24.3 Å². The molecular weight excluding hydrogens is 304 g/mol. The van der Waals surface area contributed by atoms with Crippen LogP contribution in [0.1, 0.15) is 32.4 Å². The molecule has 1 aromatic heterocycles. The summed E-state index contributed by atoms with van der Waals surface area (Å²) in [5, 5.41) is 8.67. The molecule has 0 spiro atoms. The molecule has 0 saturated carbocycles. The van der Waals surface area contributed by atoms with Crippen molar-refractivity contribution in [2.24, 2.45) is 7.05 Å². The summed E-state index contributed by atoms with van der Waals surface area (Å²) in [5.74, 6) is -0.466. The molecule has 2 aromatic rings. The first-order chi connectivity index (χ1) is 11.5. The van der Waals surface area contributed by atoms with Crippen molar-refractivity contribution in [2.45, 2.75) is 26.7 Å². The Morgan fingerprint density at radius 2 is 1.88 bits per heavy atom. The minimum Gasteiger partial charge on any atom is -0.350 e. The minimum atomic E-state index is -0.409. The van der Waals surface area contributed by atoms with Gasteiger partial charge in [0.2, 0.25) is 5.91 Å². The Morgan fingerprint density at radius 1 is 1.25 bits per heavy atom. The van der Waals surface area contributed by atoms with Gasteiger partial charge in [-0.1, -0.05) is 18.2 Å². The topological polar surface area (TPSA) is 68.4 Å². The number of hydrogen-bond acceptors (Lipinski definition) is 3. The summed E-state index contributed by atoms with van der Waals surface area (Å²) < 4.78 is 1.31. The fourth-order valence-corrected chi connectivity index (χ4v) is 2.89. The quantitative estimate of drug-likeness (QED) is 0.755. The third-order valence-electron chi connectivity index (χ3n) is 4.57. The standard InChI is InChI=1S/C18H26N4O2/c1-5-22(6-2)12-11-19-17(23)13(3)16-14-9-7-8-10-15(14)18(24)21(4)20-16/h7-10,13H,5-6,11-12H2,1-4H3,(H,19,23)/p+1/t13-/m0/s1. The Kier molecular flexibility index (Phi) is 6.09. The Hall–Kier alpha value is -2.21. The number of likely N-dealkylation sites (N-methyl/N-ethyl adjacent to an activating group) is 1. The third-order valence-corrected chi connectivity index (χ3v) is 4.57. The molecule has 0 fully saturated rings. The maximum atomic E-state index is 12.5. The molecule has 24 heavy (non-hydrogen) atoms. The molecule has 130 valence electrons. The van der Waals surface area contributed by atoms with Gasteiger partial charge in [0.05, 0.1) is 43.2 Å². The van der Waals surface area contributed by atoms with Crippen LogP contribution in [-0.2, 0) is 11.8 Å². The number of benzene rings is 1. The van der Waals surface area contributed by atoms with E-state index in [0.29, 0.717) is 17.6 Å². The number of aryl methyl sites for hydroxylation is 1. The van der Waals surface area contributed by atoms with E-state index in [9.17, 15) is 9.59 Å². The van der Waals surface area contributed by atoms with Gasteiger partial charge in [0.15, 0.2) is 0 Å². The Labute approximate surface area is 142 Å². The minimum absolute atomic E-state index is 0.0575. The Morgan fingerprint density at radius 3 is 2.50 bits per heavy atom. The van der Waals surface area contributed by atoms with Gasteiger partial charge < -0.3 is 10.2 Å². The molecule has 0 saturated heterocycles. The summed E-state index contributed by atoms with van der Waals surface area (Å²) in [5.41, 5.74) is 0.493. The maximum Gasteiger partial charge on any atom is 0.274 e. The number of carbonyl (C=O) groups excluding carboxylic acids is 1. The van der Waals surface area contributed by atoms with Gasteiger partial charge in [-0.3, -0.25) is 9.59 Å². The average molecular weight is 331 g/mol. The molecular formula is C18H27N4O2+. The first-order valence-corrected chi connectivity index (χ1v) is 8.56. The number of nitrogens with one attached hydrogen (secondary N) is 2. The van der Waals surface area contributed by atoms with E-state index in [4.69, 9.17) is 0 Å². The SMILES string of the molecule is CC[NH+](CC)CCNC(=O)[C@@H](C)c1nn(C)c(=O)c2ccccc12. The molecule has 0 aliphatic rings. The van der Waals surface area contributed by atoms with Crippen LogP contribution in [0.3, 0.4) is 0 Å². The Bertz CT molecular complexity index is 765. The summed E-state index contributed by atoms with van der Waals surface area (Å²) in [6.07, 6.45) is 0. The molecule has 0 aliphatic carbocycles. The molecule has 0 aliphatic heterocycles. The molecule has 1 atom stereocenters. The number of hydrogen-bond donors (Lipinski definition) is 2. The first kappa shape index (κ1) is 18.1. The van der Waals surface area contributed by atoms with Crippen LogP contribution in [0.2, 0.25) is 0 Å². The normalized spacial score (nSPS) is 12.5. The van der Waals surface area contributed by atoms with Crippen LogP contribution in [-0.4, -0.2) is 41.9 Å². The number of rotatable bonds is 7. The molecule has 1 amide bonds. The van der Waals surface area contributed by atoms with E-state index in [-0.39, 0.29) is 11.5 Å². The van der Waals surface area contributed by atoms with Gasteiger partial charge in [-0.2, -0.15) is 5.10 Å². The highest BCUT2D eigenvalue weighted by atomic mass is 16.2. The van der Waals surface area contributed by atoms with Gasteiger partial charge in [0.1, 0.15) is 0 Å². The van der Waals surface area contributed by atoms with Gasteiger partial charge in [-0.15, -0.1) is 0 Å². The van der Waals surface area contributed by atoms with Gasteiger partial charge in [0.25, 0.3) is 5.56 Å². The second-order valence-corrected chi connectivity index (χ2v) is 6.08. The monoisotopic (exact) mass is 331 g/mol. The molecule has 6 nitrogen and oxygen atoms in total. The van der Waals surface area contributed by atoms with E-state index < -0.39 is 5.92 Å². The van der Waals surface area contributed by atoms with Crippen molar-refractivity contribution < 1.29 is 9.69 Å². The summed E-state index contributed by atoms with van der Waals surface area (Å²) in [7, 11) is 1.62. The van der Waals surface area contributed by atoms with Crippen molar-refractivity contribution in [3.05, 3.63) is 40.3 Å². The van der Waals surface area contributed by atoms with Gasteiger partial charge in [-0.05, 0) is 26.8 Å². The molecule has 2 N–H and O–H groups in total. The molecule has 0 radical (unpaired) electrons. The first-order valence-electron chi connectivity index (χ1n) is 8.56. The zero-order chi connectivity index (χ0) is 17.7. The number of nitrogens with zero attached hydrogens (tertiary/aromatic N) is 2. The van der Waals surface area contributed by atoms with Crippen molar-refractivity contribution in [3.63, 3.8) is 0 Å². The van der Waals surface area contributed by atoms with E-state index in [1.807, 2.05) is 25.1 Å². The van der Waals surface area contributed by atoms with Crippen LogP contribution in [0.15, 0.2) is 29.1 Å². The van der Waals surface area contributed by atoms with Crippen LogP contribution < -0.4 is 15.8 Å². The van der Waals surface area contributed by atoms with Crippen molar-refractivity contribution >= 4 is 16.7 Å². The highest BCUT2D eigenvalue weighted by molar-refractivity contribution is 5.90. The van der Waals surface area contributed by atoms with E-state index in [1.165, 1.54) is 9.58 Å². The average Bonchev–Trinajstić information content (AvgIpc) is 2.61. The summed E-state index contributed by atoms with van der Waals surface area (Å²) in [4.78, 5) is 26.1. The smallest absolute Gasteiger partial charge is 0.274 e. The zero-order valence-electron chi connectivity index (χ0n) is 14.9. The van der Waals surface area contributed by atoms with E-state index >= 15 is 0 Å². The maximum absolute atomic E-state index is 12.5. The van der Waals surface area contributed by atoms with Crippen LogP contribution >= 0.6 is 0 Å². The lowest BCUT2D eigenvalue weighted by molar-refractivity contribution is -0.895. The lowest BCUT2D eigenvalue weighted by Crippen LogP contribution is -3.12. The second-order valence-electron chi connectivity index (χ2n) is 6.08. The van der Waals surface area contributed by atoms with Gasteiger partial charge in [0, 0.05) is 12.4 Å². The predicted molar refractivity (Wildman–Crippen MR) is 95.3 cm³/mol. The van der Waals surface area contributed by atoms with Crippen LogP contribution in [0, 0.1) is 0 Å². The molecule has 1 heterocycles. The molecule has 1 aromatic carbocycles. The van der Waals surface area contributed by atoms with E-state index in [1.54, 1.807) is 13.1 Å². The zero-order valence-corrected chi connectivity index (χ0v) is 14.9. The summed E-state index contributed by atoms with van der Waals surface area (Å²) >= 11 is 0. The predicted octanol–water partition coefficient (Wildman–Crippen LogP) is 0.0779. The van der Waals surface area contributed by atoms with Crippen molar-refractivity contribution in [3.8, 4) is 0 Å². The molecule has 2 rings (SSSR count). The lowest BCUT2D eigenvalue weighted by atomic mass is 10.0. The van der Waals surface area contributed by atoms with Gasteiger partial charge in [-0.25, -0.2) is 4.68 Å². The third kappa shape index (κ3) is 3.82. The molecule has 6 heteroatoms. The molecule has 0 bridgehead atoms. The van der Waals surface area contributed by atoms with Crippen molar-refractivity contribution in [1.29, 1.82) is 0 Å². The fourth-order valence-electron chi connectivity index (χ4n) is 2.89. The van der Waals surface area contributed by atoms with Crippen molar-refractivity contribution in [1.82, 2.24) is 15.1 Å². The van der Waals surface area contributed by atoms with Gasteiger partial charge >= 0.3 is 0 Å². The van der Waals surface area contributed by atoms with Crippen LogP contribution in [0.5, 0.6) is 0 Å². The second kappa shape index (κ2) is 8.06. The lowest BCUT2D eigenvalue weighted by Gasteiger charge is -2.17. The summed E-state index contributed by atoms with van der Waals surface area (Å²) in [6.45, 7) is 9.77. The highest BCUT2D eigenvalue weighted by Gasteiger charge is 2.21.